The van der Waals surface area contributed by atoms with E-state index in [-0.39, 0.29) is 36.3 Å². The van der Waals surface area contributed by atoms with E-state index in [0.717, 1.165) is 5.56 Å². The van der Waals surface area contributed by atoms with Crippen molar-refractivity contribution in [1.29, 1.82) is 0 Å². The van der Waals surface area contributed by atoms with Gasteiger partial charge in [0.2, 0.25) is 11.8 Å². The maximum absolute atomic E-state index is 12.5. The molecule has 4 N–H and O–H groups in total. The lowest BCUT2D eigenvalue weighted by Gasteiger charge is -2.26. The Morgan fingerprint density at radius 2 is 1.86 bits per heavy atom. The molecule has 0 bridgehead atoms. The third-order valence-corrected chi connectivity index (χ3v) is 4.14. The van der Waals surface area contributed by atoms with E-state index in [4.69, 9.17) is 0 Å². The van der Waals surface area contributed by atoms with Gasteiger partial charge in [-0.2, -0.15) is 0 Å². The normalized spacial score (nSPS) is 14.8. The molecular weight excluding hydrogens is 372 g/mol. The number of guanidine groups is 1. The summed E-state index contributed by atoms with van der Waals surface area (Å²) in [6.45, 7) is 7.46. The van der Waals surface area contributed by atoms with Crippen molar-refractivity contribution in [3.8, 4) is 0 Å². The molecule has 1 fully saturated rings. The molecule has 29 heavy (non-hydrogen) atoms. The molecule has 0 saturated carbocycles. The smallest absolute Gasteiger partial charge is 0.254 e. The number of hydrogen-bond donors (Lipinski definition) is 4. The van der Waals surface area contributed by atoms with Gasteiger partial charge in [-0.05, 0) is 38.5 Å². The molecule has 1 aliphatic rings. The zero-order valence-electron chi connectivity index (χ0n) is 17.5. The van der Waals surface area contributed by atoms with E-state index in [9.17, 15) is 14.4 Å². The summed E-state index contributed by atoms with van der Waals surface area (Å²) in [5.74, 6) is 0.102. The van der Waals surface area contributed by atoms with E-state index in [0.29, 0.717) is 31.2 Å². The summed E-state index contributed by atoms with van der Waals surface area (Å²) in [7, 11) is 1.63. The molecule has 0 radical (unpaired) electrons. The SMILES string of the molecule is CN=C(NCC(=O)NC(C)(C)C)NCc1ccc(C(=O)N2CCNC(=O)C2)cc1. The molecule has 0 atom stereocenters. The van der Waals surface area contributed by atoms with Crippen LogP contribution in [-0.4, -0.2) is 67.3 Å². The van der Waals surface area contributed by atoms with Gasteiger partial charge in [-0.25, -0.2) is 0 Å². The summed E-state index contributed by atoms with van der Waals surface area (Å²) in [6.07, 6.45) is 0. The van der Waals surface area contributed by atoms with Gasteiger partial charge in [-0.1, -0.05) is 12.1 Å². The highest BCUT2D eigenvalue weighted by atomic mass is 16.2. The summed E-state index contributed by atoms with van der Waals surface area (Å²) in [4.78, 5) is 41.5. The van der Waals surface area contributed by atoms with Gasteiger partial charge >= 0.3 is 0 Å². The molecule has 0 spiro atoms. The molecule has 1 aliphatic heterocycles. The molecule has 1 aromatic carbocycles. The Hall–Kier alpha value is -3.10. The predicted octanol–water partition coefficient (Wildman–Crippen LogP) is -0.162. The standard InChI is InChI=1S/C20H30N6O3/c1-20(2,3)25-16(27)12-24-19(21-4)23-11-14-5-7-15(8-6-14)18(29)26-10-9-22-17(28)13-26/h5-8H,9-13H2,1-4H3,(H,22,28)(H,25,27)(H2,21,23,24). The lowest BCUT2D eigenvalue weighted by molar-refractivity contribution is -0.123. The Balaban J connectivity index is 1.83. The van der Waals surface area contributed by atoms with E-state index >= 15 is 0 Å². The second-order valence-corrected chi connectivity index (χ2v) is 7.85. The van der Waals surface area contributed by atoms with Gasteiger partial charge in [0, 0.05) is 37.8 Å². The molecule has 1 heterocycles. The Bertz CT molecular complexity index is 767. The number of carbonyl (C=O) groups excluding carboxylic acids is 3. The first kappa shape index (κ1) is 22.2. The zero-order valence-corrected chi connectivity index (χ0v) is 17.5. The minimum atomic E-state index is -0.285. The molecule has 0 aliphatic carbocycles. The Labute approximate surface area is 171 Å². The lowest BCUT2D eigenvalue weighted by atomic mass is 10.1. The van der Waals surface area contributed by atoms with Crippen molar-refractivity contribution < 1.29 is 14.4 Å². The van der Waals surface area contributed by atoms with Gasteiger partial charge in [0.1, 0.15) is 0 Å². The molecule has 9 nitrogen and oxygen atoms in total. The Kier molecular flexibility index (Phi) is 7.58. The monoisotopic (exact) mass is 402 g/mol. The van der Waals surface area contributed by atoms with Crippen molar-refractivity contribution in [2.24, 2.45) is 4.99 Å². The Morgan fingerprint density at radius 3 is 2.45 bits per heavy atom. The molecule has 9 heteroatoms. The summed E-state index contributed by atoms with van der Waals surface area (Å²) in [5.41, 5.74) is 1.22. The third kappa shape index (κ3) is 7.44. The van der Waals surface area contributed by atoms with Crippen LogP contribution >= 0.6 is 0 Å². The van der Waals surface area contributed by atoms with E-state index in [1.807, 2.05) is 32.9 Å². The molecule has 1 saturated heterocycles. The van der Waals surface area contributed by atoms with Crippen molar-refractivity contribution in [3.05, 3.63) is 35.4 Å². The molecule has 158 valence electrons. The van der Waals surface area contributed by atoms with Crippen LogP contribution < -0.4 is 21.3 Å². The largest absolute Gasteiger partial charge is 0.353 e. The fraction of sp³-hybridized carbons (Fsp3) is 0.500. The van der Waals surface area contributed by atoms with Gasteiger partial charge in [-0.3, -0.25) is 19.4 Å². The van der Waals surface area contributed by atoms with Crippen molar-refractivity contribution in [1.82, 2.24) is 26.2 Å². The number of benzene rings is 1. The highest BCUT2D eigenvalue weighted by Crippen LogP contribution is 2.09. The van der Waals surface area contributed by atoms with Crippen LogP contribution in [0.4, 0.5) is 0 Å². The second kappa shape index (κ2) is 9.90. The number of rotatable bonds is 5. The quantitative estimate of drug-likeness (QED) is 0.404. The molecule has 2 rings (SSSR count). The van der Waals surface area contributed by atoms with Crippen LogP contribution in [-0.2, 0) is 16.1 Å². The summed E-state index contributed by atoms with van der Waals surface area (Å²) in [6, 6.07) is 7.20. The van der Waals surface area contributed by atoms with Crippen LogP contribution in [0.3, 0.4) is 0 Å². The topological polar surface area (TPSA) is 115 Å². The predicted molar refractivity (Wildman–Crippen MR) is 111 cm³/mol. The van der Waals surface area contributed by atoms with E-state index < -0.39 is 0 Å². The zero-order chi connectivity index (χ0) is 21.4. The van der Waals surface area contributed by atoms with Crippen LogP contribution in [0.2, 0.25) is 0 Å². The van der Waals surface area contributed by atoms with Crippen LogP contribution in [0.25, 0.3) is 0 Å². The van der Waals surface area contributed by atoms with E-state index in [2.05, 4.69) is 26.3 Å². The molecule has 1 aromatic rings. The van der Waals surface area contributed by atoms with Crippen LogP contribution in [0.5, 0.6) is 0 Å². The van der Waals surface area contributed by atoms with Crippen molar-refractivity contribution in [2.75, 3.05) is 33.2 Å². The number of nitrogens with one attached hydrogen (secondary N) is 4. The van der Waals surface area contributed by atoms with E-state index in [1.165, 1.54) is 0 Å². The molecule has 3 amide bonds. The number of nitrogens with zero attached hydrogens (tertiary/aromatic N) is 2. The Morgan fingerprint density at radius 1 is 1.17 bits per heavy atom. The van der Waals surface area contributed by atoms with Crippen molar-refractivity contribution in [3.63, 3.8) is 0 Å². The highest BCUT2D eigenvalue weighted by Gasteiger charge is 2.22. The third-order valence-electron chi connectivity index (χ3n) is 4.14. The van der Waals surface area contributed by atoms with Gasteiger partial charge in [0.25, 0.3) is 5.91 Å². The average molecular weight is 402 g/mol. The lowest BCUT2D eigenvalue weighted by Crippen LogP contribution is -2.49. The first-order valence-corrected chi connectivity index (χ1v) is 9.58. The summed E-state index contributed by atoms with van der Waals surface area (Å²) in [5, 5.41) is 11.7. The first-order valence-electron chi connectivity index (χ1n) is 9.58. The number of piperazine rings is 1. The minimum absolute atomic E-state index is 0.0902. The van der Waals surface area contributed by atoms with Gasteiger partial charge in [-0.15, -0.1) is 0 Å². The maximum atomic E-state index is 12.5. The molecular formula is C20H30N6O3. The van der Waals surface area contributed by atoms with Crippen LogP contribution in [0, 0.1) is 0 Å². The van der Waals surface area contributed by atoms with Crippen LogP contribution in [0.1, 0.15) is 36.7 Å². The first-order chi connectivity index (χ1) is 13.7. The maximum Gasteiger partial charge on any atom is 0.254 e. The van der Waals surface area contributed by atoms with Crippen molar-refractivity contribution >= 4 is 23.7 Å². The highest BCUT2D eigenvalue weighted by molar-refractivity contribution is 5.97. The fourth-order valence-electron chi connectivity index (χ4n) is 2.79. The van der Waals surface area contributed by atoms with E-state index in [1.54, 1.807) is 24.1 Å². The number of amides is 3. The summed E-state index contributed by atoms with van der Waals surface area (Å²) < 4.78 is 0. The van der Waals surface area contributed by atoms with Crippen LogP contribution in [0.15, 0.2) is 29.3 Å². The molecule has 0 aromatic heterocycles. The number of hydrogen-bond acceptors (Lipinski definition) is 4. The number of carbonyl (C=O) groups is 3. The molecule has 0 unspecified atom stereocenters. The fourth-order valence-corrected chi connectivity index (χ4v) is 2.79. The van der Waals surface area contributed by atoms with Gasteiger partial charge in [0.15, 0.2) is 5.96 Å². The minimum Gasteiger partial charge on any atom is -0.353 e. The van der Waals surface area contributed by atoms with Gasteiger partial charge < -0.3 is 26.2 Å². The number of aliphatic imine (C=N–C) groups is 1. The second-order valence-electron chi connectivity index (χ2n) is 7.85. The van der Waals surface area contributed by atoms with Crippen molar-refractivity contribution in [2.45, 2.75) is 32.9 Å². The summed E-state index contributed by atoms with van der Waals surface area (Å²) >= 11 is 0. The van der Waals surface area contributed by atoms with Gasteiger partial charge in [0.05, 0.1) is 13.1 Å². The average Bonchev–Trinajstić information content (AvgIpc) is 2.66.